The Hall–Kier alpha value is -4.12. The molecule has 31 heavy (non-hydrogen) atoms. The van der Waals surface area contributed by atoms with Gasteiger partial charge in [-0.3, -0.25) is 4.79 Å². The molecule has 1 N–H and O–H groups in total. The summed E-state index contributed by atoms with van der Waals surface area (Å²) < 4.78 is 11.5. The van der Waals surface area contributed by atoms with Crippen LogP contribution in [-0.2, 0) is 4.79 Å². The third kappa shape index (κ3) is 4.12. The summed E-state index contributed by atoms with van der Waals surface area (Å²) >= 11 is 0. The van der Waals surface area contributed by atoms with Gasteiger partial charge in [-0.05, 0) is 65.7 Å². The van der Waals surface area contributed by atoms with Gasteiger partial charge in [0.1, 0.15) is 11.3 Å². The maximum absolute atomic E-state index is 12.3. The minimum absolute atomic E-state index is 0.0668. The number of benzene rings is 4. The first kappa shape index (κ1) is 18.9. The molecule has 1 aromatic heterocycles. The number of carbonyl (C=O) groups excluding carboxylic acids is 1. The first-order valence-electron chi connectivity index (χ1n) is 10.0. The van der Waals surface area contributed by atoms with E-state index in [4.69, 9.17) is 9.15 Å². The van der Waals surface area contributed by atoms with Crippen molar-refractivity contribution in [3.63, 3.8) is 0 Å². The Labute approximate surface area is 179 Å². The molecule has 0 aliphatic rings. The number of aryl methyl sites for hydroxylation is 1. The standard InChI is InChI=1S/C26H20N2O3/c1-17-5-4-8-22(13-17)30-16-25(29)27-21-11-12-24-23(15-21)28-26(31-24)20-10-9-18-6-2-3-7-19(18)14-20/h2-15H,16H2,1H3,(H,27,29). The van der Waals surface area contributed by atoms with Gasteiger partial charge in [0.15, 0.2) is 12.2 Å². The van der Waals surface area contributed by atoms with Crippen molar-refractivity contribution in [1.82, 2.24) is 4.98 Å². The monoisotopic (exact) mass is 408 g/mol. The Bertz CT molecular complexity index is 1400. The van der Waals surface area contributed by atoms with Crippen LogP contribution in [-0.4, -0.2) is 17.5 Å². The fourth-order valence-electron chi connectivity index (χ4n) is 3.50. The van der Waals surface area contributed by atoms with Crippen molar-refractivity contribution < 1.29 is 13.9 Å². The summed E-state index contributed by atoms with van der Waals surface area (Å²) in [7, 11) is 0. The van der Waals surface area contributed by atoms with Crippen LogP contribution in [0.4, 0.5) is 5.69 Å². The van der Waals surface area contributed by atoms with E-state index < -0.39 is 0 Å². The Morgan fingerprint density at radius 3 is 2.68 bits per heavy atom. The zero-order valence-corrected chi connectivity index (χ0v) is 17.0. The van der Waals surface area contributed by atoms with Gasteiger partial charge in [0.05, 0.1) is 0 Å². The Kier molecular flexibility index (Phi) is 4.84. The molecular formula is C26H20N2O3. The molecule has 0 spiro atoms. The van der Waals surface area contributed by atoms with Gasteiger partial charge in [-0.25, -0.2) is 4.98 Å². The highest BCUT2D eigenvalue weighted by atomic mass is 16.5. The molecule has 0 radical (unpaired) electrons. The number of ether oxygens (including phenoxy) is 1. The van der Waals surface area contributed by atoms with E-state index >= 15 is 0 Å². The Morgan fingerprint density at radius 1 is 0.935 bits per heavy atom. The molecule has 0 aliphatic carbocycles. The summed E-state index contributed by atoms with van der Waals surface area (Å²) in [5.74, 6) is 0.980. The molecule has 0 bridgehead atoms. The summed E-state index contributed by atoms with van der Waals surface area (Å²) in [4.78, 5) is 16.9. The zero-order chi connectivity index (χ0) is 21.2. The number of rotatable bonds is 5. The van der Waals surface area contributed by atoms with Gasteiger partial charge in [0.2, 0.25) is 5.89 Å². The van der Waals surface area contributed by atoms with E-state index in [1.807, 2.05) is 55.5 Å². The van der Waals surface area contributed by atoms with Gasteiger partial charge in [-0.2, -0.15) is 0 Å². The molecule has 0 aliphatic heterocycles. The summed E-state index contributed by atoms with van der Waals surface area (Å²) in [6.45, 7) is 1.91. The lowest BCUT2D eigenvalue weighted by molar-refractivity contribution is -0.118. The van der Waals surface area contributed by atoms with Crippen molar-refractivity contribution >= 4 is 33.5 Å². The predicted molar refractivity (Wildman–Crippen MR) is 122 cm³/mol. The molecule has 152 valence electrons. The highest BCUT2D eigenvalue weighted by molar-refractivity contribution is 5.94. The van der Waals surface area contributed by atoms with E-state index in [-0.39, 0.29) is 12.5 Å². The van der Waals surface area contributed by atoms with Crippen LogP contribution < -0.4 is 10.1 Å². The van der Waals surface area contributed by atoms with E-state index in [0.29, 0.717) is 28.4 Å². The quantitative estimate of drug-likeness (QED) is 0.389. The smallest absolute Gasteiger partial charge is 0.262 e. The van der Waals surface area contributed by atoms with Crippen LogP contribution in [0, 0.1) is 6.92 Å². The van der Waals surface area contributed by atoms with E-state index in [9.17, 15) is 4.79 Å². The van der Waals surface area contributed by atoms with Gasteiger partial charge in [-0.15, -0.1) is 0 Å². The van der Waals surface area contributed by atoms with Crippen molar-refractivity contribution in [2.75, 3.05) is 11.9 Å². The van der Waals surface area contributed by atoms with Crippen molar-refractivity contribution in [3.05, 3.63) is 90.5 Å². The summed E-state index contributed by atoms with van der Waals surface area (Å²) in [6.07, 6.45) is 0. The van der Waals surface area contributed by atoms with Gasteiger partial charge in [-0.1, -0.05) is 42.5 Å². The Morgan fingerprint density at radius 2 is 1.81 bits per heavy atom. The number of nitrogens with zero attached hydrogens (tertiary/aromatic N) is 1. The Balaban J connectivity index is 1.32. The molecular weight excluding hydrogens is 388 g/mol. The SMILES string of the molecule is Cc1cccc(OCC(=O)Nc2ccc3oc(-c4ccc5ccccc5c4)nc3c2)c1. The molecule has 5 heteroatoms. The number of hydrogen-bond acceptors (Lipinski definition) is 4. The zero-order valence-electron chi connectivity index (χ0n) is 17.0. The number of nitrogens with one attached hydrogen (secondary N) is 1. The molecule has 5 aromatic rings. The van der Waals surface area contributed by atoms with Crippen LogP contribution in [0.5, 0.6) is 5.75 Å². The maximum Gasteiger partial charge on any atom is 0.262 e. The molecule has 5 rings (SSSR count). The highest BCUT2D eigenvalue weighted by Crippen LogP contribution is 2.28. The number of amides is 1. The van der Waals surface area contributed by atoms with Crippen LogP contribution in [0.3, 0.4) is 0 Å². The third-order valence-electron chi connectivity index (χ3n) is 5.03. The van der Waals surface area contributed by atoms with E-state index in [2.05, 4.69) is 34.6 Å². The van der Waals surface area contributed by atoms with Crippen molar-refractivity contribution in [1.29, 1.82) is 0 Å². The molecule has 1 heterocycles. The topological polar surface area (TPSA) is 64.4 Å². The van der Waals surface area contributed by atoms with Crippen LogP contribution >= 0.6 is 0 Å². The van der Waals surface area contributed by atoms with Crippen molar-refractivity contribution in [2.24, 2.45) is 0 Å². The lowest BCUT2D eigenvalue weighted by atomic mass is 10.1. The molecule has 1 amide bonds. The second kappa shape index (κ2) is 7.95. The maximum atomic E-state index is 12.3. The van der Waals surface area contributed by atoms with Crippen molar-refractivity contribution in [2.45, 2.75) is 6.92 Å². The average molecular weight is 408 g/mol. The number of fused-ring (bicyclic) bond motifs is 2. The second-order valence-corrected chi connectivity index (χ2v) is 7.42. The predicted octanol–water partition coefficient (Wildman–Crippen LogP) is 5.97. The van der Waals surface area contributed by atoms with E-state index in [1.165, 1.54) is 5.39 Å². The van der Waals surface area contributed by atoms with Crippen LogP contribution in [0.2, 0.25) is 0 Å². The highest BCUT2D eigenvalue weighted by Gasteiger charge is 2.11. The number of oxazole rings is 1. The number of aromatic nitrogens is 1. The largest absolute Gasteiger partial charge is 0.484 e. The fourth-order valence-corrected chi connectivity index (χ4v) is 3.50. The normalized spacial score (nSPS) is 11.0. The molecule has 0 fully saturated rings. The molecule has 0 unspecified atom stereocenters. The second-order valence-electron chi connectivity index (χ2n) is 7.42. The third-order valence-corrected chi connectivity index (χ3v) is 5.03. The molecule has 5 nitrogen and oxygen atoms in total. The van der Waals surface area contributed by atoms with Gasteiger partial charge >= 0.3 is 0 Å². The van der Waals surface area contributed by atoms with Crippen molar-refractivity contribution in [3.8, 4) is 17.2 Å². The number of anilines is 1. The number of carbonyl (C=O) groups is 1. The number of hydrogen-bond donors (Lipinski definition) is 1. The average Bonchev–Trinajstić information content (AvgIpc) is 3.21. The first-order valence-corrected chi connectivity index (χ1v) is 10.0. The van der Waals surface area contributed by atoms with E-state index in [0.717, 1.165) is 16.5 Å². The summed E-state index contributed by atoms with van der Waals surface area (Å²) in [5, 5.41) is 5.14. The van der Waals surface area contributed by atoms with Gasteiger partial charge in [0, 0.05) is 11.3 Å². The molecule has 0 saturated carbocycles. The fraction of sp³-hybridized carbons (Fsp3) is 0.0769. The van der Waals surface area contributed by atoms with Gasteiger partial charge < -0.3 is 14.5 Å². The lowest BCUT2D eigenvalue weighted by Crippen LogP contribution is -2.20. The van der Waals surface area contributed by atoms with Crippen LogP contribution in [0.15, 0.2) is 89.3 Å². The minimum atomic E-state index is -0.237. The summed E-state index contributed by atoms with van der Waals surface area (Å²) in [5.41, 5.74) is 3.98. The van der Waals surface area contributed by atoms with Crippen LogP contribution in [0.1, 0.15) is 5.56 Å². The van der Waals surface area contributed by atoms with Crippen LogP contribution in [0.25, 0.3) is 33.3 Å². The van der Waals surface area contributed by atoms with Gasteiger partial charge in [0.25, 0.3) is 5.91 Å². The molecule has 0 saturated heterocycles. The lowest BCUT2D eigenvalue weighted by Gasteiger charge is -2.08. The minimum Gasteiger partial charge on any atom is -0.484 e. The first-order chi connectivity index (χ1) is 15.1. The molecule has 4 aromatic carbocycles. The van der Waals surface area contributed by atoms with E-state index in [1.54, 1.807) is 12.1 Å². The molecule has 0 atom stereocenters. The summed E-state index contributed by atoms with van der Waals surface area (Å²) in [6, 6.07) is 27.3.